The molecular formula is C8H14F2O. The molecule has 11 heavy (non-hydrogen) atoms. The van der Waals surface area contributed by atoms with Crippen LogP contribution in [0.2, 0.25) is 0 Å². The van der Waals surface area contributed by atoms with E-state index in [1.165, 1.54) is 0 Å². The van der Waals surface area contributed by atoms with Gasteiger partial charge in [0.25, 0.3) is 0 Å². The number of hydrogen-bond donors (Lipinski definition) is 1. The van der Waals surface area contributed by atoms with Crippen molar-refractivity contribution in [1.29, 1.82) is 0 Å². The largest absolute Gasteiger partial charge is 0.393 e. The van der Waals surface area contributed by atoms with Crippen LogP contribution < -0.4 is 0 Å². The minimum atomic E-state index is -2.56. The fourth-order valence-electron chi connectivity index (χ4n) is 1.58. The highest BCUT2D eigenvalue weighted by Crippen LogP contribution is 2.35. The first kappa shape index (κ1) is 8.91. The number of aliphatic hydroxyl groups excluding tert-OH is 1. The Hall–Kier alpha value is -0.180. The van der Waals surface area contributed by atoms with Crippen LogP contribution in [0, 0.1) is 5.92 Å². The molecule has 0 radical (unpaired) electrons. The van der Waals surface area contributed by atoms with Crippen LogP contribution in [-0.2, 0) is 0 Å². The van der Waals surface area contributed by atoms with Gasteiger partial charge >= 0.3 is 0 Å². The smallest absolute Gasteiger partial charge is 0.248 e. The second-order valence-corrected chi connectivity index (χ2v) is 3.46. The van der Waals surface area contributed by atoms with E-state index in [0.717, 1.165) is 6.92 Å². The lowest BCUT2D eigenvalue weighted by Crippen LogP contribution is -2.30. The lowest BCUT2D eigenvalue weighted by Gasteiger charge is -2.29. The third kappa shape index (κ3) is 2.40. The zero-order valence-electron chi connectivity index (χ0n) is 6.69. The van der Waals surface area contributed by atoms with Crippen molar-refractivity contribution in [3.8, 4) is 0 Å². The minimum absolute atomic E-state index is 0.339. The third-order valence-corrected chi connectivity index (χ3v) is 2.41. The Labute approximate surface area is 65.4 Å². The molecule has 0 aromatic carbocycles. The van der Waals surface area contributed by atoms with Gasteiger partial charge in [-0.15, -0.1) is 0 Å². The molecule has 66 valence electrons. The van der Waals surface area contributed by atoms with Gasteiger partial charge in [0.15, 0.2) is 0 Å². The molecule has 0 unspecified atom stereocenters. The third-order valence-electron chi connectivity index (χ3n) is 2.41. The molecule has 3 heteroatoms. The van der Waals surface area contributed by atoms with Crippen molar-refractivity contribution in [2.75, 3.05) is 0 Å². The number of halogens is 2. The zero-order chi connectivity index (χ0) is 8.48. The molecular weight excluding hydrogens is 150 g/mol. The molecule has 1 aliphatic rings. The average Bonchev–Trinajstić information content (AvgIpc) is 1.86. The summed E-state index contributed by atoms with van der Waals surface area (Å²) in [4.78, 5) is 0. The fraction of sp³-hybridized carbons (Fsp3) is 1.00. The molecule has 0 amide bonds. The van der Waals surface area contributed by atoms with Gasteiger partial charge in [-0.3, -0.25) is 0 Å². The van der Waals surface area contributed by atoms with Gasteiger partial charge in [-0.1, -0.05) is 0 Å². The first-order valence-electron chi connectivity index (χ1n) is 4.06. The van der Waals surface area contributed by atoms with E-state index in [4.69, 9.17) is 5.11 Å². The Morgan fingerprint density at radius 2 is 1.64 bits per heavy atom. The lowest BCUT2D eigenvalue weighted by atomic mass is 9.84. The standard InChI is InChI=1S/C8H14F2O/c1-8(9,10)6-2-4-7(11)5-3-6/h6-7,11H,2-5H2,1H3/t6-,7+. The van der Waals surface area contributed by atoms with Gasteiger partial charge in [0.05, 0.1) is 6.10 Å². The van der Waals surface area contributed by atoms with Crippen LogP contribution in [0.15, 0.2) is 0 Å². The van der Waals surface area contributed by atoms with Crippen molar-refractivity contribution in [3.05, 3.63) is 0 Å². The number of alkyl halides is 2. The number of aliphatic hydroxyl groups is 1. The molecule has 1 rings (SSSR count). The quantitative estimate of drug-likeness (QED) is 0.629. The number of rotatable bonds is 1. The van der Waals surface area contributed by atoms with Crippen molar-refractivity contribution < 1.29 is 13.9 Å². The van der Waals surface area contributed by atoms with Gasteiger partial charge in [0.2, 0.25) is 5.92 Å². The Morgan fingerprint density at radius 1 is 1.18 bits per heavy atom. The predicted molar refractivity (Wildman–Crippen MR) is 38.6 cm³/mol. The predicted octanol–water partition coefficient (Wildman–Crippen LogP) is 2.19. The normalized spacial score (nSPS) is 33.8. The van der Waals surface area contributed by atoms with Crippen molar-refractivity contribution in [1.82, 2.24) is 0 Å². The first-order chi connectivity index (χ1) is 5.00. The topological polar surface area (TPSA) is 20.2 Å². The summed E-state index contributed by atoms with van der Waals surface area (Å²) in [5.74, 6) is -3.06. The maximum absolute atomic E-state index is 12.7. The van der Waals surface area contributed by atoms with Crippen molar-refractivity contribution in [2.45, 2.75) is 44.6 Å². The Balaban J connectivity index is 2.39. The molecule has 0 spiro atoms. The highest BCUT2D eigenvalue weighted by molar-refractivity contribution is 4.79. The van der Waals surface area contributed by atoms with E-state index in [1.54, 1.807) is 0 Å². The molecule has 1 fully saturated rings. The van der Waals surface area contributed by atoms with Crippen LogP contribution in [-0.4, -0.2) is 17.1 Å². The van der Waals surface area contributed by atoms with E-state index < -0.39 is 11.8 Å². The SMILES string of the molecule is CC(F)(F)[C@H]1CC[C@@H](O)CC1. The summed E-state index contributed by atoms with van der Waals surface area (Å²) >= 11 is 0. The molecule has 0 aromatic heterocycles. The van der Waals surface area contributed by atoms with E-state index in [0.29, 0.717) is 25.7 Å². The summed E-state index contributed by atoms with van der Waals surface area (Å²) in [6, 6.07) is 0. The maximum Gasteiger partial charge on any atom is 0.248 e. The van der Waals surface area contributed by atoms with Crippen LogP contribution in [0.5, 0.6) is 0 Å². The van der Waals surface area contributed by atoms with Crippen molar-refractivity contribution in [2.24, 2.45) is 5.92 Å². The van der Waals surface area contributed by atoms with Crippen molar-refractivity contribution >= 4 is 0 Å². The molecule has 0 atom stereocenters. The van der Waals surface area contributed by atoms with Gasteiger partial charge in [0.1, 0.15) is 0 Å². The average molecular weight is 164 g/mol. The van der Waals surface area contributed by atoms with Gasteiger partial charge < -0.3 is 5.11 Å². The molecule has 0 heterocycles. The van der Waals surface area contributed by atoms with Gasteiger partial charge in [-0.05, 0) is 32.6 Å². The van der Waals surface area contributed by atoms with Crippen molar-refractivity contribution in [3.63, 3.8) is 0 Å². The summed E-state index contributed by atoms with van der Waals surface area (Å²) in [6.45, 7) is 0.968. The van der Waals surface area contributed by atoms with E-state index in [-0.39, 0.29) is 6.10 Å². The van der Waals surface area contributed by atoms with E-state index in [9.17, 15) is 8.78 Å². The summed E-state index contributed by atoms with van der Waals surface area (Å²) in [5.41, 5.74) is 0. The van der Waals surface area contributed by atoms with Gasteiger partial charge in [0, 0.05) is 5.92 Å². The second-order valence-electron chi connectivity index (χ2n) is 3.46. The monoisotopic (exact) mass is 164 g/mol. The van der Waals surface area contributed by atoms with Crippen LogP contribution in [0.4, 0.5) is 8.78 Å². The molecule has 1 nitrogen and oxygen atoms in total. The van der Waals surface area contributed by atoms with Gasteiger partial charge in [-0.25, -0.2) is 8.78 Å². The van der Waals surface area contributed by atoms with Crippen LogP contribution in [0.3, 0.4) is 0 Å². The Morgan fingerprint density at radius 3 is 2.00 bits per heavy atom. The molecule has 1 N–H and O–H groups in total. The maximum atomic E-state index is 12.7. The molecule has 1 aliphatic carbocycles. The summed E-state index contributed by atoms with van der Waals surface area (Å²) in [7, 11) is 0. The van der Waals surface area contributed by atoms with Crippen LogP contribution >= 0.6 is 0 Å². The highest BCUT2D eigenvalue weighted by Gasteiger charge is 2.36. The van der Waals surface area contributed by atoms with E-state index >= 15 is 0 Å². The molecule has 1 saturated carbocycles. The molecule has 0 aliphatic heterocycles. The first-order valence-corrected chi connectivity index (χ1v) is 4.06. The number of hydrogen-bond acceptors (Lipinski definition) is 1. The van der Waals surface area contributed by atoms with E-state index in [1.807, 2.05) is 0 Å². The summed E-state index contributed by atoms with van der Waals surface area (Å²) in [6.07, 6.45) is 1.66. The second kappa shape index (κ2) is 3.05. The summed E-state index contributed by atoms with van der Waals surface area (Å²) < 4.78 is 25.3. The molecule has 0 bridgehead atoms. The zero-order valence-corrected chi connectivity index (χ0v) is 6.69. The lowest BCUT2D eigenvalue weighted by molar-refractivity contribution is -0.0652. The minimum Gasteiger partial charge on any atom is -0.393 e. The highest BCUT2D eigenvalue weighted by atomic mass is 19.3. The molecule has 0 saturated heterocycles. The van der Waals surface area contributed by atoms with Crippen LogP contribution in [0.1, 0.15) is 32.6 Å². The van der Waals surface area contributed by atoms with Crippen LogP contribution in [0.25, 0.3) is 0 Å². The Kier molecular flexibility index (Phi) is 2.47. The fourth-order valence-corrected chi connectivity index (χ4v) is 1.58. The van der Waals surface area contributed by atoms with E-state index in [2.05, 4.69) is 0 Å². The Bertz CT molecular complexity index is 123. The summed E-state index contributed by atoms with van der Waals surface area (Å²) in [5, 5.41) is 9.05. The van der Waals surface area contributed by atoms with Gasteiger partial charge in [-0.2, -0.15) is 0 Å². The molecule has 0 aromatic rings.